The van der Waals surface area contributed by atoms with Gasteiger partial charge in [-0.15, -0.1) is 0 Å². The summed E-state index contributed by atoms with van der Waals surface area (Å²) in [7, 11) is -3.97. The first-order valence-electron chi connectivity index (χ1n) is 8.42. The van der Waals surface area contributed by atoms with Gasteiger partial charge in [-0.3, -0.25) is 4.52 Å². The maximum absolute atomic E-state index is 12.8. The molecule has 0 aliphatic rings. The zero-order chi connectivity index (χ0) is 19.9. The van der Waals surface area contributed by atoms with Gasteiger partial charge in [0.05, 0.1) is 6.61 Å². The van der Waals surface area contributed by atoms with Crippen molar-refractivity contribution in [3.05, 3.63) is 54.6 Å². The zero-order valence-corrected chi connectivity index (χ0v) is 17.9. The second-order valence-corrected chi connectivity index (χ2v) is 11.6. The molecule has 0 aromatic heterocycles. The molecule has 1 unspecified atom stereocenters. The molecule has 9 heteroatoms. The molecule has 2 aromatic carbocycles. The number of benzene rings is 2. The van der Waals surface area contributed by atoms with E-state index in [0.29, 0.717) is 11.7 Å². The van der Waals surface area contributed by atoms with Gasteiger partial charge in [-0.05, 0) is 60.6 Å². The normalized spacial score (nSPS) is 13.9. The van der Waals surface area contributed by atoms with Crippen LogP contribution in [-0.4, -0.2) is 20.8 Å². The summed E-state index contributed by atoms with van der Waals surface area (Å²) in [5, 5.41) is 0. The lowest BCUT2D eigenvalue weighted by Crippen LogP contribution is -2.09. The van der Waals surface area contributed by atoms with Crippen molar-refractivity contribution in [3.8, 4) is 11.5 Å². The largest absolute Gasteiger partial charge is 0.440 e. The fourth-order valence-electron chi connectivity index (χ4n) is 1.94. The van der Waals surface area contributed by atoms with Crippen molar-refractivity contribution in [1.29, 1.82) is 0 Å². The summed E-state index contributed by atoms with van der Waals surface area (Å²) >= 11 is 1.13. The fourth-order valence-corrected chi connectivity index (χ4v) is 6.62. The maximum Gasteiger partial charge on any atom is 0.440 e. The van der Waals surface area contributed by atoms with E-state index in [-0.39, 0.29) is 23.0 Å². The van der Waals surface area contributed by atoms with Crippen LogP contribution in [0.5, 0.6) is 11.5 Å². The predicted octanol–water partition coefficient (Wildman–Crippen LogP) is 5.37. The minimum Gasteiger partial charge on any atom is -0.417 e. The molecule has 0 bridgehead atoms. The minimum absolute atomic E-state index is 0.0280. The van der Waals surface area contributed by atoms with Gasteiger partial charge in [-0.2, -0.15) is 8.42 Å². The highest BCUT2D eigenvalue weighted by Gasteiger charge is 2.27. The van der Waals surface area contributed by atoms with E-state index in [1.807, 2.05) is 13.8 Å². The standard InChI is InChI=1S/C18H23O6PS2/c1-4-22-25(19,26-14-15(2)3)23-16-10-12-18(13-11-16)27(20,21)24-17-8-6-5-7-9-17/h5-13,15H,4,14H2,1-3H3. The summed E-state index contributed by atoms with van der Waals surface area (Å²) < 4.78 is 53.4. The van der Waals surface area contributed by atoms with E-state index in [2.05, 4.69) is 0 Å². The summed E-state index contributed by atoms with van der Waals surface area (Å²) in [5.74, 6) is 1.44. The van der Waals surface area contributed by atoms with E-state index in [9.17, 15) is 13.0 Å². The lowest BCUT2D eigenvalue weighted by Gasteiger charge is -2.18. The van der Waals surface area contributed by atoms with Crippen molar-refractivity contribution in [2.75, 3.05) is 12.4 Å². The fraction of sp³-hybridized carbons (Fsp3) is 0.333. The lowest BCUT2D eigenvalue weighted by molar-refractivity contribution is 0.296. The van der Waals surface area contributed by atoms with Gasteiger partial charge in [0, 0.05) is 5.75 Å². The van der Waals surface area contributed by atoms with Crippen molar-refractivity contribution in [1.82, 2.24) is 0 Å². The van der Waals surface area contributed by atoms with Crippen LogP contribution in [0.1, 0.15) is 20.8 Å². The molecule has 0 spiro atoms. The Labute approximate surface area is 164 Å². The molecule has 0 amide bonds. The Morgan fingerprint density at radius 3 is 2.19 bits per heavy atom. The van der Waals surface area contributed by atoms with E-state index in [0.717, 1.165) is 11.4 Å². The van der Waals surface area contributed by atoms with Crippen LogP contribution in [0, 0.1) is 5.92 Å². The molecule has 27 heavy (non-hydrogen) atoms. The Hall–Kier alpha value is -1.47. The summed E-state index contributed by atoms with van der Waals surface area (Å²) in [6, 6.07) is 13.8. The Balaban J connectivity index is 2.12. The second kappa shape index (κ2) is 9.64. The predicted molar refractivity (Wildman–Crippen MR) is 108 cm³/mol. The average molecular weight is 430 g/mol. The summed E-state index contributed by atoms with van der Waals surface area (Å²) in [4.78, 5) is -0.0280. The third-order valence-corrected chi connectivity index (χ3v) is 8.47. The second-order valence-electron chi connectivity index (χ2n) is 5.97. The first kappa shape index (κ1) is 21.8. The van der Waals surface area contributed by atoms with Gasteiger partial charge in [0.2, 0.25) is 0 Å². The molecule has 0 saturated carbocycles. The van der Waals surface area contributed by atoms with E-state index in [1.165, 1.54) is 24.3 Å². The summed E-state index contributed by atoms with van der Waals surface area (Å²) in [5.41, 5.74) is 0. The van der Waals surface area contributed by atoms with Gasteiger partial charge >= 0.3 is 16.9 Å². The third-order valence-electron chi connectivity index (χ3n) is 3.13. The van der Waals surface area contributed by atoms with E-state index in [1.54, 1.807) is 37.3 Å². The first-order chi connectivity index (χ1) is 12.7. The Morgan fingerprint density at radius 2 is 1.63 bits per heavy atom. The number of para-hydroxylation sites is 1. The van der Waals surface area contributed by atoms with Crippen LogP contribution in [0.2, 0.25) is 0 Å². The Kier molecular flexibility index (Phi) is 7.79. The molecule has 148 valence electrons. The average Bonchev–Trinajstić information content (AvgIpc) is 2.61. The molecular formula is C18H23O6PS2. The number of rotatable bonds is 10. The van der Waals surface area contributed by atoms with Crippen molar-refractivity contribution >= 4 is 28.3 Å². The van der Waals surface area contributed by atoms with Gasteiger partial charge in [0.25, 0.3) is 0 Å². The van der Waals surface area contributed by atoms with Gasteiger partial charge in [0.1, 0.15) is 16.4 Å². The molecular weight excluding hydrogens is 407 g/mol. The van der Waals surface area contributed by atoms with Gasteiger partial charge in [-0.25, -0.2) is 4.57 Å². The first-order valence-corrected chi connectivity index (χ1v) is 13.0. The topological polar surface area (TPSA) is 78.9 Å². The van der Waals surface area contributed by atoms with Crippen molar-refractivity contribution in [3.63, 3.8) is 0 Å². The van der Waals surface area contributed by atoms with E-state index >= 15 is 0 Å². The molecule has 0 N–H and O–H groups in total. The van der Waals surface area contributed by atoms with Crippen LogP contribution in [0.4, 0.5) is 0 Å². The molecule has 0 saturated heterocycles. The zero-order valence-electron chi connectivity index (χ0n) is 15.4. The molecule has 0 aliphatic carbocycles. The quantitative estimate of drug-likeness (QED) is 0.370. The third kappa shape index (κ3) is 6.88. The SMILES string of the molecule is CCOP(=O)(Oc1ccc(S(=O)(=O)Oc2ccccc2)cc1)SCC(C)C. The van der Waals surface area contributed by atoms with Crippen molar-refractivity contribution in [2.24, 2.45) is 5.92 Å². The number of hydrogen-bond donors (Lipinski definition) is 0. The van der Waals surface area contributed by atoms with Gasteiger partial charge in [0.15, 0.2) is 0 Å². The van der Waals surface area contributed by atoms with Crippen molar-refractivity contribution in [2.45, 2.75) is 25.7 Å². The van der Waals surface area contributed by atoms with Crippen LogP contribution < -0.4 is 8.71 Å². The molecule has 2 aromatic rings. The minimum atomic E-state index is -3.97. The molecule has 0 radical (unpaired) electrons. The molecule has 1 atom stereocenters. The highest BCUT2D eigenvalue weighted by molar-refractivity contribution is 8.55. The van der Waals surface area contributed by atoms with Gasteiger partial charge < -0.3 is 8.71 Å². The highest BCUT2D eigenvalue weighted by atomic mass is 32.7. The number of hydrogen-bond acceptors (Lipinski definition) is 7. The molecule has 0 aliphatic heterocycles. The van der Waals surface area contributed by atoms with Crippen LogP contribution in [-0.2, 0) is 19.2 Å². The summed E-state index contributed by atoms with van der Waals surface area (Å²) in [6.07, 6.45) is 0. The lowest BCUT2D eigenvalue weighted by atomic mass is 10.3. The monoisotopic (exact) mass is 430 g/mol. The van der Waals surface area contributed by atoms with Crippen molar-refractivity contribution < 1.29 is 26.2 Å². The molecule has 0 fully saturated rings. The van der Waals surface area contributed by atoms with Crippen LogP contribution in [0.25, 0.3) is 0 Å². The molecule has 2 rings (SSSR count). The Morgan fingerprint density at radius 1 is 1.00 bits per heavy atom. The van der Waals surface area contributed by atoms with Crippen LogP contribution in [0.3, 0.4) is 0 Å². The van der Waals surface area contributed by atoms with E-state index < -0.39 is 16.9 Å². The van der Waals surface area contributed by atoms with Gasteiger partial charge in [-0.1, -0.05) is 32.0 Å². The van der Waals surface area contributed by atoms with E-state index in [4.69, 9.17) is 13.2 Å². The van der Waals surface area contributed by atoms with Crippen LogP contribution >= 0.6 is 18.2 Å². The molecule has 0 heterocycles. The molecule has 6 nitrogen and oxygen atoms in total. The smallest absolute Gasteiger partial charge is 0.417 e. The van der Waals surface area contributed by atoms with Crippen LogP contribution in [0.15, 0.2) is 59.5 Å². The summed E-state index contributed by atoms with van der Waals surface area (Å²) in [6.45, 7) is 2.64. The Bertz CT molecular complexity index is 866. The maximum atomic E-state index is 12.8. The highest BCUT2D eigenvalue weighted by Crippen LogP contribution is 2.60.